The molecule has 3 nitrogen and oxygen atoms in total. The van der Waals surface area contributed by atoms with Crippen molar-refractivity contribution < 1.29 is 9.90 Å². The quantitative estimate of drug-likeness (QED) is 0.894. The number of nitrogens with one attached hydrogen (secondary N) is 1. The lowest BCUT2D eigenvalue weighted by molar-refractivity contribution is -0.167. The Hall–Kier alpha value is -1.35. The van der Waals surface area contributed by atoms with Crippen LogP contribution in [-0.2, 0) is 4.79 Å². The van der Waals surface area contributed by atoms with Crippen molar-refractivity contribution in [3.63, 3.8) is 0 Å². The van der Waals surface area contributed by atoms with Crippen LogP contribution in [0.25, 0.3) is 0 Å². The van der Waals surface area contributed by atoms with Gasteiger partial charge in [0.25, 0.3) is 0 Å². The summed E-state index contributed by atoms with van der Waals surface area (Å²) in [5, 5.41) is 13.7. The predicted octanol–water partition coefficient (Wildman–Crippen LogP) is 3.35. The maximum atomic E-state index is 12.4. The summed E-state index contributed by atoms with van der Waals surface area (Å²) < 4.78 is 0. The maximum Gasteiger partial charge on any atom is 0.224 e. The molecule has 0 aliphatic heterocycles. The Balaban J connectivity index is 1.48. The predicted molar refractivity (Wildman–Crippen MR) is 81.8 cm³/mol. The standard InChI is InChI=1S/C18H23NO2/c20-16(19-15-4-2-1-3-5-15)11-17-7-13-6-14(8-17)10-18(21,9-13)12-17/h1-5,13-14,21H,6-12H2,(H,19,20). The number of para-hydroxylation sites is 1. The van der Waals surface area contributed by atoms with Gasteiger partial charge >= 0.3 is 0 Å². The molecule has 2 N–H and O–H groups in total. The molecule has 0 saturated heterocycles. The Labute approximate surface area is 125 Å². The lowest BCUT2D eigenvalue weighted by atomic mass is 9.47. The molecule has 0 heterocycles. The van der Waals surface area contributed by atoms with Crippen molar-refractivity contribution in [2.75, 3.05) is 5.32 Å². The van der Waals surface area contributed by atoms with Gasteiger partial charge in [0.2, 0.25) is 5.91 Å². The molecule has 1 aromatic rings. The van der Waals surface area contributed by atoms with E-state index in [9.17, 15) is 9.90 Å². The van der Waals surface area contributed by atoms with Gasteiger partial charge in [-0.2, -0.15) is 0 Å². The third-order valence-corrected chi connectivity index (χ3v) is 5.74. The molecule has 5 rings (SSSR count). The molecule has 4 saturated carbocycles. The molecule has 0 spiro atoms. The summed E-state index contributed by atoms with van der Waals surface area (Å²) in [7, 11) is 0. The summed E-state index contributed by atoms with van der Waals surface area (Å²) in [6.07, 6.45) is 6.86. The number of carbonyl (C=O) groups is 1. The zero-order valence-electron chi connectivity index (χ0n) is 12.3. The van der Waals surface area contributed by atoms with E-state index in [0.717, 1.165) is 37.8 Å². The SMILES string of the molecule is O=C(CC12CC3CC(CC(O)(C3)C1)C2)Nc1ccccc1. The van der Waals surface area contributed by atoms with Crippen LogP contribution in [0.3, 0.4) is 0 Å². The van der Waals surface area contributed by atoms with Crippen LogP contribution in [0.2, 0.25) is 0 Å². The second-order valence-electron chi connectivity index (χ2n) is 7.78. The summed E-state index contributed by atoms with van der Waals surface area (Å²) in [5.74, 6) is 1.38. The van der Waals surface area contributed by atoms with Gasteiger partial charge in [-0.1, -0.05) is 18.2 Å². The van der Waals surface area contributed by atoms with E-state index >= 15 is 0 Å². The summed E-state index contributed by atoms with van der Waals surface area (Å²) in [6, 6.07) is 9.66. The minimum absolute atomic E-state index is 0.0533. The van der Waals surface area contributed by atoms with Crippen molar-refractivity contribution in [1.29, 1.82) is 0 Å². The number of aliphatic hydroxyl groups is 1. The Morgan fingerprint density at radius 1 is 1.14 bits per heavy atom. The van der Waals surface area contributed by atoms with Crippen molar-refractivity contribution >= 4 is 11.6 Å². The van der Waals surface area contributed by atoms with Crippen LogP contribution in [0.4, 0.5) is 5.69 Å². The zero-order valence-corrected chi connectivity index (χ0v) is 12.3. The number of hydrogen-bond acceptors (Lipinski definition) is 2. The average Bonchev–Trinajstić information content (AvgIpc) is 2.35. The first-order valence-electron chi connectivity index (χ1n) is 8.12. The van der Waals surface area contributed by atoms with E-state index in [1.54, 1.807) is 0 Å². The fourth-order valence-electron chi connectivity index (χ4n) is 5.68. The minimum Gasteiger partial charge on any atom is -0.390 e. The maximum absolute atomic E-state index is 12.4. The van der Waals surface area contributed by atoms with Gasteiger partial charge in [-0.15, -0.1) is 0 Å². The monoisotopic (exact) mass is 285 g/mol. The van der Waals surface area contributed by atoms with Crippen molar-refractivity contribution in [2.24, 2.45) is 17.3 Å². The van der Waals surface area contributed by atoms with Crippen molar-refractivity contribution in [1.82, 2.24) is 0 Å². The molecule has 0 radical (unpaired) electrons. The highest BCUT2D eigenvalue weighted by Gasteiger charge is 2.57. The van der Waals surface area contributed by atoms with E-state index < -0.39 is 5.60 Å². The van der Waals surface area contributed by atoms with Gasteiger partial charge < -0.3 is 10.4 Å². The second-order valence-corrected chi connectivity index (χ2v) is 7.78. The fourth-order valence-corrected chi connectivity index (χ4v) is 5.68. The van der Waals surface area contributed by atoms with Crippen LogP contribution >= 0.6 is 0 Å². The van der Waals surface area contributed by atoms with Gasteiger partial charge in [-0.05, 0) is 67.9 Å². The largest absolute Gasteiger partial charge is 0.390 e. The lowest BCUT2D eigenvalue weighted by Gasteiger charge is -2.60. The summed E-state index contributed by atoms with van der Waals surface area (Å²) >= 11 is 0. The van der Waals surface area contributed by atoms with Crippen LogP contribution in [0.5, 0.6) is 0 Å². The number of amides is 1. The van der Waals surface area contributed by atoms with Crippen LogP contribution in [0, 0.1) is 17.3 Å². The van der Waals surface area contributed by atoms with E-state index in [4.69, 9.17) is 0 Å². The van der Waals surface area contributed by atoms with Gasteiger partial charge in [0, 0.05) is 12.1 Å². The Morgan fingerprint density at radius 2 is 1.81 bits per heavy atom. The van der Waals surface area contributed by atoms with E-state index in [2.05, 4.69) is 5.32 Å². The van der Waals surface area contributed by atoms with Gasteiger partial charge in [0.1, 0.15) is 0 Å². The Bertz CT molecular complexity index is 540. The highest BCUT2D eigenvalue weighted by molar-refractivity contribution is 5.91. The molecule has 1 amide bonds. The number of benzene rings is 1. The molecule has 4 fully saturated rings. The van der Waals surface area contributed by atoms with Crippen LogP contribution in [0.15, 0.2) is 30.3 Å². The molecular formula is C18H23NO2. The molecular weight excluding hydrogens is 262 g/mol. The fraction of sp³-hybridized carbons (Fsp3) is 0.611. The smallest absolute Gasteiger partial charge is 0.224 e. The number of carbonyl (C=O) groups excluding carboxylic acids is 1. The van der Waals surface area contributed by atoms with Crippen LogP contribution in [0.1, 0.15) is 44.9 Å². The van der Waals surface area contributed by atoms with Crippen molar-refractivity contribution in [3.8, 4) is 0 Å². The molecule has 3 heteroatoms. The van der Waals surface area contributed by atoms with Gasteiger partial charge in [-0.25, -0.2) is 0 Å². The van der Waals surface area contributed by atoms with Crippen LogP contribution < -0.4 is 5.32 Å². The number of rotatable bonds is 3. The molecule has 4 aliphatic carbocycles. The minimum atomic E-state index is -0.475. The molecule has 4 bridgehead atoms. The molecule has 1 aromatic carbocycles. The first-order chi connectivity index (χ1) is 10.0. The Kier molecular flexibility index (Phi) is 2.90. The van der Waals surface area contributed by atoms with Gasteiger partial charge in [0.15, 0.2) is 0 Å². The molecule has 21 heavy (non-hydrogen) atoms. The van der Waals surface area contributed by atoms with Gasteiger partial charge in [-0.3, -0.25) is 4.79 Å². The van der Waals surface area contributed by atoms with E-state index in [1.807, 2.05) is 30.3 Å². The summed E-state index contributed by atoms with van der Waals surface area (Å²) in [6.45, 7) is 0. The molecule has 2 atom stereocenters. The topological polar surface area (TPSA) is 49.3 Å². The van der Waals surface area contributed by atoms with Crippen molar-refractivity contribution in [3.05, 3.63) is 30.3 Å². The summed E-state index contributed by atoms with van der Waals surface area (Å²) in [5.41, 5.74) is 0.445. The van der Waals surface area contributed by atoms with Crippen molar-refractivity contribution in [2.45, 2.75) is 50.5 Å². The van der Waals surface area contributed by atoms with E-state index in [1.165, 1.54) is 6.42 Å². The highest BCUT2D eigenvalue weighted by Crippen LogP contribution is 2.62. The third-order valence-electron chi connectivity index (χ3n) is 5.74. The Morgan fingerprint density at radius 3 is 2.43 bits per heavy atom. The second kappa shape index (κ2) is 4.57. The molecule has 4 aliphatic rings. The molecule has 2 unspecified atom stereocenters. The number of hydrogen-bond donors (Lipinski definition) is 2. The van der Waals surface area contributed by atoms with Gasteiger partial charge in [0.05, 0.1) is 5.60 Å². The lowest BCUT2D eigenvalue weighted by Crippen LogP contribution is -2.56. The van der Waals surface area contributed by atoms with E-state index in [0.29, 0.717) is 18.3 Å². The first-order valence-corrected chi connectivity index (χ1v) is 8.12. The average molecular weight is 285 g/mol. The zero-order chi connectivity index (χ0) is 14.5. The van der Waals surface area contributed by atoms with E-state index in [-0.39, 0.29) is 11.3 Å². The summed E-state index contributed by atoms with van der Waals surface area (Å²) in [4.78, 5) is 12.4. The molecule has 112 valence electrons. The first kappa shape index (κ1) is 13.3. The third kappa shape index (κ3) is 2.48. The highest BCUT2D eigenvalue weighted by atomic mass is 16.3. The van der Waals surface area contributed by atoms with Crippen LogP contribution in [-0.4, -0.2) is 16.6 Å². The normalized spacial score (nSPS) is 40.2. The number of anilines is 1. The molecule has 0 aromatic heterocycles.